The molecule has 0 saturated heterocycles. The maximum atomic E-state index is 12.1. The summed E-state index contributed by atoms with van der Waals surface area (Å²) in [5.74, 6) is 0.677. The number of ketones is 1. The van der Waals surface area contributed by atoms with Gasteiger partial charge in [0.15, 0.2) is 5.78 Å². The van der Waals surface area contributed by atoms with Crippen LogP contribution in [0.25, 0.3) is 6.08 Å². The third-order valence-electron chi connectivity index (χ3n) is 2.94. The lowest BCUT2D eigenvalue weighted by atomic mass is 10.1. The molecule has 0 radical (unpaired) electrons. The third-order valence-corrected chi connectivity index (χ3v) is 2.94. The average molecular weight is 296 g/mol. The van der Waals surface area contributed by atoms with E-state index in [-0.39, 0.29) is 5.78 Å². The SMILES string of the molecule is COc1ccc(/C=C/C(=O)c2ccc(OC(C)=O)cc2)cc1. The van der Waals surface area contributed by atoms with Crippen LogP contribution in [0.2, 0.25) is 0 Å². The van der Waals surface area contributed by atoms with Gasteiger partial charge >= 0.3 is 5.97 Å². The summed E-state index contributed by atoms with van der Waals surface area (Å²) in [6, 6.07) is 13.8. The molecule has 22 heavy (non-hydrogen) atoms. The smallest absolute Gasteiger partial charge is 0.308 e. The fourth-order valence-corrected chi connectivity index (χ4v) is 1.84. The summed E-state index contributed by atoms with van der Waals surface area (Å²) < 4.78 is 10.00. The zero-order valence-electron chi connectivity index (χ0n) is 12.4. The lowest BCUT2D eigenvalue weighted by Gasteiger charge is -2.02. The molecular weight excluding hydrogens is 280 g/mol. The summed E-state index contributed by atoms with van der Waals surface area (Å²) in [7, 11) is 1.61. The van der Waals surface area contributed by atoms with Crippen molar-refractivity contribution in [1.29, 1.82) is 0 Å². The highest BCUT2D eigenvalue weighted by Crippen LogP contribution is 2.15. The Labute approximate surface area is 129 Å². The zero-order chi connectivity index (χ0) is 15.9. The number of ether oxygens (including phenoxy) is 2. The number of esters is 1. The van der Waals surface area contributed by atoms with Crippen LogP contribution in [0.4, 0.5) is 0 Å². The van der Waals surface area contributed by atoms with Crippen molar-refractivity contribution in [3.05, 3.63) is 65.7 Å². The fraction of sp³-hybridized carbons (Fsp3) is 0.111. The number of allylic oxidation sites excluding steroid dienone is 1. The van der Waals surface area contributed by atoms with Crippen LogP contribution in [0.5, 0.6) is 11.5 Å². The molecule has 4 heteroatoms. The van der Waals surface area contributed by atoms with E-state index >= 15 is 0 Å². The van der Waals surface area contributed by atoms with E-state index in [0.717, 1.165) is 11.3 Å². The van der Waals surface area contributed by atoms with Gasteiger partial charge in [-0.1, -0.05) is 18.2 Å². The van der Waals surface area contributed by atoms with Gasteiger partial charge in [-0.25, -0.2) is 0 Å². The van der Waals surface area contributed by atoms with Crippen molar-refractivity contribution >= 4 is 17.8 Å². The van der Waals surface area contributed by atoms with Crippen LogP contribution in [0.1, 0.15) is 22.8 Å². The van der Waals surface area contributed by atoms with E-state index in [1.807, 2.05) is 24.3 Å². The molecule has 0 heterocycles. The van der Waals surface area contributed by atoms with Crippen LogP contribution in [-0.4, -0.2) is 18.9 Å². The molecule has 0 unspecified atom stereocenters. The number of methoxy groups -OCH3 is 1. The van der Waals surface area contributed by atoms with Crippen LogP contribution < -0.4 is 9.47 Å². The topological polar surface area (TPSA) is 52.6 Å². The molecule has 0 bridgehead atoms. The summed E-state index contributed by atoms with van der Waals surface area (Å²) >= 11 is 0. The Kier molecular flexibility index (Phi) is 5.09. The molecule has 0 fully saturated rings. The highest BCUT2D eigenvalue weighted by molar-refractivity contribution is 6.06. The minimum absolute atomic E-state index is 0.120. The van der Waals surface area contributed by atoms with Gasteiger partial charge in [0.1, 0.15) is 11.5 Å². The van der Waals surface area contributed by atoms with E-state index in [2.05, 4.69) is 0 Å². The van der Waals surface area contributed by atoms with Crippen LogP contribution in [-0.2, 0) is 4.79 Å². The summed E-state index contributed by atoms with van der Waals surface area (Å²) in [6.07, 6.45) is 3.24. The molecule has 4 nitrogen and oxygen atoms in total. The second-order valence-corrected chi connectivity index (χ2v) is 4.59. The van der Waals surface area contributed by atoms with Gasteiger partial charge in [0.25, 0.3) is 0 Å². The molecule has 0 aliphatic heterocycles. The Bertz CT molecular complexity index is 682. The van der Waals surface area contributed by atoms with Crippen molar-refractivity contribution < 1.29 is 19.1 Å². The van der Waals surface area contributed by atoms with E-state index in [0.29, 0.717) is 11.3 Å². The van der Waals surface area contributed by atoms with Crippen molar-refractivity contribution in [2.75, 3.05) is 7.11 Å². The Morgan fingerprint density at radius 3 is 2.05 bits per heavy atom. The quantitative estimate of drug-likeness (QED) is 0.367. The molecule has 0 N–H and O–H groups in total. The van der Waals surface area contributed by atoms with Gasteiger partial charge in [-0.2, -0.15) is 0 Å². The minimum Gasteiger partial charge on any atom is -0.497 e. The van der Waals surface area contributed by atoms with Gasteiger partial charge < -0.3 is 9.47 Å². The third kappa shape index (κ3) is 4.31. The molecule has 0 atom stereocenters. The number of benzene rings is 2. The molecule has 0 aliphatic carbocycles. The van der Waals surface area contributed by atoms with Crippen molar-refractivity contribution in [2.45, 2.75) is 6.92 Å². The van der Waals surface area contributed by atoms with Gasteiger partial charge in [-0.05, 0) is 48.0 Å². The maximum Gasteiger partial charge on any atom is 0.308 e. The molecule has 0 aromatic heterocycles. The van der Waals surface area contributed by atoms with Gasteiger partial charge in [-0.3, -0.25) is 9.59 Å². The van der Waals surface area contributed by atoms with Crippen molar-refractivity contribution in [3.63, 3.8) is 0 Å². The monoisotopic (exact) mass is 296 g/mol. The number of carbonyl (C=O) groups is 2. The van der Waals surface area contributed by atoms with E-state index in [1.54, 1.807) is 37.5 Å². The van der Waals surface area contributed by atoms with E-state index in [4.69, 9.17) is 9.47 Å². The molecule has 112 valence electrons. The highest BCUT2D eigenvalue weighted by atomic mass is 16.5. The molecule has 0 aliphatic rings. The van der Waals surface area contributed by atoms with Crippen LogP contribution in [0.3, 0.4) is 0 Å². The van der Waals surface area contributed by atoms with Crippen LogP contribution in [0.15, 0.2) is 54.6 Å². The molecule has 0 saturated carbocycles. The van der Waals surface area contributed by atoms with Crippen molar-refractivity contribution in [1.82, 2.24) is 0 Å². The predicted molar refractivity (Wildman–Crippen MR) is 84.1 cm³/mol. The number of hydrogen-bond acceptors (Lipinski definition) is 4. The fourth-order valence-electron chi connectivity index (χ4n) is 1.84. The zero-order valence-corrected chi connectivity index (χ0v) is 12.4. The lowest BCUT2D eigenvalue weighted by Crippen LogP contribution is -2.01. The van der Waals surface area contributed by atoms with Gasteiger partial charge in [-0.15, -0.1) is 0 Å². The second kappa shape index (κ2) is 7.22. The second-order valence-electron chi connectivity index (χ2n) is 4.59. The van der Waals surface area contributed by atoms with Gasteiger partial charge in [0.05, 0.1) is 7.11 Å². The Morgan fingerprint density at radius 2 is 1.50 bits per heavy atom. The highest BCUT2D eigenvalue weighted by Gasteiger charge is 2.03. The molecule has 2 aromatic rings. The summed E-state index contributed by atoms with van der Waals surface area (Å²) in [5.41, 5.74) is 1.44. The summed E-state index contributed by atoms with van der Waals surface area (Å²) in [6.45, 7) is 1.33. The first-order valence-corrected chi connectivity index (χ1v) is 6.73. The first-order valence-electron chi connectivity index (χ1n) is 6.73. The number of hydrogen-bond donors (Lipinski definition) is 0. The van der Waals surface area contributed by atoms with Gasteiger partial charge in [0.2, 0.25) is 0 Å². The predicted octanol–water partition coefficient (Wildman–Crippen LogP) is 3.52. The first kappa shape index (κ1) is 15.5. The molecule has 2 rings (SSSR count). The molecule has 2 aromatic carbocycles. The Morgan fingerprint density at radius 1 is 0.909 bits per heavy atom. The minimum atomic E-state index is -0.390. The van der Waals surface area contributed by atoms with Crippen LogP contribution >= 0.6 is 0 Å². The number of rotatable bonds is 5. The summed E-state index contributed by atoms with van der Waals surface area (Å²) in [4.78, 5) is 22.9. The molecular formula is C18H16O4. The Balaban J connectivity index is 2.04. The van der Waals surface area contributed by atoms with Crippen molar-refractivity contribution in [2.24, 2.45) is 0 Å². The molecule has 0 amide bonds. The Hall–Kier alpha value is -2.88. The maximum absolute atomic E-state index is 12.1. The number of carbonyl (C=O) groups excluding carboxylic acids is 2. The lowest BCUT2D eigenvalue weighted by molar-refractivity contribution is -0.131. The first-order chi connectivity index (χ1) is 10.6. The van der Waals surface area contributed by atoms with E-state index in [9.17, 15) is 9.59 Å². The standard InChI is InChI=1S/C18H16O4/c1-13(19)22-17-10-6-15(7-11-17)18(20)12-5-14-3-8-16(21-2)9-4-14/h3-12H,1-2H3/b12-5+. The van der Waals surface area contributed by atoms with Gasteiger partial charge in [0, 0.05) is 12.5 Å². The summed E-state index contributed by atoms with van der Waals surface area (Å²) in [5, 5.41) is 0. The van der Waals surface area contributed by atoms with E-state index in [1.165, 1.54) is 13.0 Å². The van der Waals surface area contributed by atoms with Crippen molar-refractivity contribution in [3.8, 4) is 11.5 Å². The molecule has 0 spiro atoms. The average Bonchev–Trinajstić information content (AvgIpc) is 2.53. The van der Waals surface area contributed by atoms with Crippen LogP contribution in [0, 0.1) is 0 Å². The largest absolute Gasteiger partial charge is 0.497 e. The van der Waals surface area contributed by atoms with E-state index < -0.39 is 5.97 Å². The normalized spacial score (nSPS) is 10.5.